The Balaban J connectivity index is 2.12. The first-order chi connectivity index (χ1) is 9.70. The molecule has 2 rings (SSSR count). The van der Waals surface area contributed by atoms with Gasteiger partial charge in [-0.1, -0.05) is 30.0 Å². The summed E-state index contributed by atoms with van der Waals surface area (Å²) in [5, 5.41) is 11.5. The van der Waals surface area contributed by atoms with E-state index in [0.29, 0.717) is 5.56 Å². The van der Waals surface area contributed by atoms with Crippen LogP contribution in [0.5, 0.6) is 0 Å². The second-order valence-corrected chi connectivity index (χ2v) is 4.31. The van der Waals surface area contributed by atoms with Crippen molar-refractivity contribution >= 4 is 11.6 Å². The van der Waals surface area contributed by atoms with Crippen LogP contribution in [0.2, 0.25) is 0 Å². The van der Waals surface area contributed by atoms with Crippen LogP contribution in [0.1, 0.15) is 21.5 Å². The maximum Gasteiger partial charge on any atom is 0.255 e. The van der Waals surface area contributed by atoms with Gasteiger partial charge in [-0.2, -0.15) is 0 Å². The minimum atomic E-state index is -0.171. The molecule has 0 fully saturated rings. The Hall–Kier alpha value is -2.57. The molecule has 3 nitrogen and oxygen atoms in total. The summed E-state index contributed by atoms with van der Waals surface area (Å²) >= 11 is 0. The van der Waals surface area contributed by atoms with E-state index < -0.39 is 0 Å². The second kappa shape index (κ2) is 6.55. The first-order valence-electron chi connectivity index (χ1n) is 6.27. The molecule has 100 valence electrons. The number of nitrogens with one attached hydrogen (secondary N) is 1. The molecule has 2 aromatic carbocycles. The molecule has 0 unspecified atom stereocenters. The number of benzene rings is 2. The predicted octanol–water partition coefficient (Wildman–Crippen LogP) is 2.59. The van der Waals surface area contributed by atoms with Crippen LogP contribution in [0.3, 0.4) is 0 Å². The Kier molecular flexibility index (Phi) is 4.54. The van der Waals surface area contributed by atoms with Crippen molar-refractivity contribution in [1.82, 2.24) is 0 Å². The van der Waals surface area contributed by atoms with E-state index in [9.17, 15) is 4.79 Å². The summed E-state index contributed by atoms with van der Waals surface area (Å²) in [5.41, 5.74) is 3.17. The largest absolute Gasteiger partial charge is 0.384 e. The Morgan fingerprint density at radius 3 is 2.50 bits per heavy atom. The molecule has 20 heavy (non-hydrogen) atoms. The van der Waals surface area contributed by atoms with Crippen LogP contribution in [0.4, 0.5) is 5.69 Å². The number of carbonyl (C=O) groups excluding carboxylic acids is 1. The topological polar surface area (TPSA) is 49.3 Å². The lowest BCUT2D eigenvalue weighted by atomic mass is 10.1. The minimum absolute atomic E-state index is 0.152. The number of hydrogen-bond donors (Lipinski definition) is 2. The van der Waals surface area contributed by atoms with Crippen LogP contribution in [0, 0.1) is 18.8 Å². The molecular weight excluding hydrogens is 250 g/mol. The molecular formula is C17H15NO2. The average Bonchev–Trinajstić information content (AvgIpc) is 2.48. The molecule has 0 bridgehead atoms. The molecule has 0 aromatic heterocycles. The molecule has 0 spiro atoms. The highest BCUT2D eigenvalue weighted by Gasteiger charge is 2.06. The molecule has 0 saturated heterocycles. The standard InChI is InChI=1S/C17H15NO2/c1-13-5-2-3-7-16(13)18-17(20)15-10-8-14(9-11-15)6-4-12-19/h2-3,5,7-11,19H,12H2,1H3,(H,18,20). The van der Waals surface area contributed by atoms with E-state index in [4.69, 9.17) is 5.11 Å². The molecule has 0 saturated carbocycles. The van der Waals surface area contributed by atoms with Gasteiger partial charge in [-0.15, -0.1) is 0 Å². The second-order valence-electron chi connectivity index (χ2n) is 4.31. The summed E-state index contributed by atoms with van der Waals surface area (Å²) in [6.45, 7) is 1.78. The highest BCUT2D eigenvalue weighted by Crippen LogP contribution is 2.14. The molecule has 2 aromatic rings. The van der Waals surface area contributed by atoms with Gasteiger partial charge in [0.15, 0.2) is 0 Å². The van der Waals surface area contributed by atoms with Crippen LogP contribution in [-0.4, -0.2) is 17.6 Å². The maximum absolute atomic E-state index is 12.1. The predicted molar refractivity (Wildman–Crippen MR) is 79.5 cm³/mol. The summed E-state index contributed by atoms with van der Waals surface area (Å²) in [7, 11) is 0. The molecule has 0 heterocycles. The van der Waals surface area contributed by atoms with Gasteiger partial charge < -0.3 is 10.4 Å². The van der Waals surface area contributed by atoms with Crippen molar-refractivity contribution in [1.29, 1.82) is 0 Å². The van der Waals surface area contributed by atoms with Crippen molar-refractivity contribution in [2.75, 3.05) is 11.9 Å². The number of aryl methyl sites for hydroxylation is 1. The van der Waals surface area contributed by atoms with Gasteiger partial charge in [0.2, 0.25) is 0 Å². The number of amides is 1. The quantitative estimate of drug-likeness (QED) is 0.820. The normalized spacial score (nSPS) is 9.50. The third-order valence-corrected chi connectivity index (χ3v) is 2.85. The summed E-state index contributed by atoms with van der Waals surface area (Å²) in [4.78, 5) is 12.1. The lowest BCUT2D eigenvalue weighted by Gasteiger charge is -2.08. The molecule has 0 aliphatic carbocycles. The highest BCUT2D eigenvalue weighted by atomic mass is 16.2. The van der Waals surface area contributed by atoms with E-state index in [2.05, 4.69) is 17.2 Å². The number of aliphatic hydroxyl groups excluding tert-OH is 1. The summed E-state index contributed by atoms with van der Waals surface area (Å²) in [6.07, 6.45) is 0. The summed E-state index contributed by atoms with van der Waals surface area (Å²) in [6, 6.07) is 14.6. The number of aliphatic hydroxyl groups is 1. The van der Waals surface area contributed by atoms with E-state index >= 15 is 0 Å². The van der Waals surface area contributed by atoms with Gasteiger partial charge in [0, 0.05) is 16.8 Å². The van der Waals surface area contributed by atoms with Crippen molar-refractivity contribution in [3.8, 4) is 11.8 Å². The van der Waals surface area contributed by atoms with Crippen LogP contribution in [0.15, 0.2) is 48.5 Å². The number of hydrogen-bond acceptors (Lipinski definition) is 2. The van der Waals surface area contributed by atoms with Crippen molar-refractivity contribution < 1.29 is 9.90 Å². The summed E-state index contributed by atoms with van der Waals surface area (Å²) < 4.78 is 0. The van der Waals surface area contributed by atoms with Crippen molar-refractivity contribution in [3.63, 3.8) is 0 Å². The lowest BCUT2D eigenvalue weighted by molar-refractivity contribution is 0.102. The maximum atomic E-state index is 12.1. The average molecular weight is 265 g/mol. The number of anilines is 1. The van der Waals surface area contributed by atoms with Crippen LogP contribution < -0.4 is 5.32 Å². The monoisotopic (exact) mass is 265 g/mol. The van der Waals surface area contributed by atoms with Gasteiger partial charge in [-0.25, -0.2) is 0 Å². The Labute approximate surface area is 118 Å². The lowest BCUT2D eigenvalue weighted by Crippen LogP contribution is -2.12. The van der Waals surface area contributed by atoms with Crippen molar-refractivity contribution in [2.45, 2.75) is 6.92 Å². The fourth-order valence-corrected chi connectivity index (χ4v) is 1.75. The molecule has 3 heteroatoms. The van der Waals surface area contributed by atoms with E-state index in [1.807, 2.05) is 31.2 Å². The Bertz CT molecular complexity index is 663. The van der Waals surface area contributed by atoms with Gasteiger partial charge in [0.25, 0.3) is 5.91 Å². The van der Waals surface area contributed by atoms with Crippen LogP contribution in [0.25, 0.3) is 0 Å². The molecule has 0 aliphatic heterocycles. The fraction of sp³-hybridized carbons (Fsp3) is 0.118. The first-order valence-corrected chi connectivity index (χ1v) is 6.27. The van der Waals surface area contributed by atoms with E-state index in [-0.39, 0.29) is 12.5 Å². The molecule has 0 atom stereocenters. The SMILES string of the molecule is Cc1ccccc1NC(=O)c1ccc(C#CCO)cc1. The highest BCUT2D eigenvalue weighted by molar-refractivity contribution is 6.04. The number of rotatable bonds is 2. The van der Waals surface area contributed by atoms with Crippen molar-refractivity contribution in [3.05, 3.63) is 65.2 Å². The first kappa shape index (κ1) is 13.9. The van der Waals surface area contributed by atoms with E-state index in [0.717, 1.165) is 16.8 Å². The zero-order chi connectivity index (χ0) is 14.4. The van der Waals surface area contributed by atoms with E-state index in [1.165, 1.54) is 0 Å². The molecule has 0 aliphatic rings. The molecule has 0 radical (unpaired) electrons. The number of carbonyl (C=O) groups is 1. The van der Waals surface area contributed by atoms with E-state index in [1.54, 1.807) is 24.3 Å². The zero-order valence-corrected chi connectivity index (χ0v) is 11.2. The van der Waals surface area contributed by atoms with Crippen LogP contribution >= 0.6 is 0 Å². The fourth-order valence-electron chi connectivity index (χ4n) is 1.75. The summed E-state index contributed by atoms with van der Waals surface area (Å²) in [5.74, 6) is 5.20. The number of para-hydroxylation sites is 1. The van der Waals surface area contributed by atoms with Gasteiger partial charge in [-0.05, 0) is 42.8 Å². The van der Waals surface area contributed by atoms with Crippen molar-refractivity contribution in [2.24, 2.45) is 0 Å². The van der Waals surface area contributed by atoms with Gasteiger partial charge >= 0.3 is 0 Å². The Morgan fingerprint density at radius 1 is 1.15 bits per heavy atom. The smallest absolute Gasteiger partial charge is 0.255 e. The third kappa shape index (κ3) is 3.47. The van der Waals surface area contributed by atoms with Crippen LogP contribution in [-0.2, 0) is 0 Å². The Morgan fingerprint density at radius 2 is 1.85 bits per heavy atom. The van der Waals surface area contributed by atoms with Gasteiger partial charge in [0.05, 0.1) is 0 Å². The van der Waals surface area contributed by atoms with Gasteiger partial charge in [0.1, 0.15) is 6.61 Å². The molecule has 1 amide bonds. The third-order valence-electron chi connectivity index (χ3n) is 2.85. The minimum Gasteiger partial charge on any atom is -0.384 e. The molecule has 2 N–H and O–H groups in total. The van der Waals surface area contributed by atoms with Gasteiger partial charge in [-0.3, -0.25) is 4.79 Å². The zero-order valence-electron chi connectivity index (χ0n) is 11.2.